The topological polar surface area (TPSA) is 64.3 Å². The predicted molar refractivity (Wildman–Crippen MR) is 72.7 cm³/mol. The van der Waals surface area contributed by atoms with Crippen molar-refractivity contribution in [1.29, 1.82) is 0 Å². The molecule has 17 heavy (non-hydrogen) atoms. The summed E-state index contributed by atoms with van der Waals surface area (Å²) in [6.45, 7) is 0.640. The summed E-state index contributed by atoms with van der Waals surface area (Å²) in [6.07, 6.45) is 0. The summed E-state index contributed by atoms with van der Waals surface area (Å²) in [5.74, 6) is -0.307. The molecular weight excluding hydrogens is 331 g/mol. The van der Waals surface area contributed by atoms with E-state index >= 15 is 0 Å². The van der Waals surface area contributed by atoms with Crippen LogP contribution >= 0.6 is 39.1 Å². The molecule has 7 heteroatoms. The minimum atomic E-state index is -0.307. The average molecular weight is 342 g/mol. The molecule has 94 valence electrons. The lowest BCUT2D eigenvalue weighted by atomic mass is 10.3. The lowest BCUT2D eigenvalue weighted by Gasteiger charge is -2.09. The second kappa shape index (κ2) is 7.18. The molecule has 0 spiro atoms. The molecule has 3 N–H and O–H groups in total. The number of rotatable bonds is 5. The number of nitrogens with one attached hydrogen (secondary N) is 1. The van der Waals surface area contributed by atoms with Gasteiger partial charge in [-0.25, -0.2) is 0 Å². The van der Waals surface area contributed by atoms with Gasteiger partial charge in [-0.2, -0.15) is 0 Å². The minimum absolute atomic E-state index is 0.0682. The Balaban J connectivity index is 2.63. The highest BCUT2D eigenvalue weighted by Crippen LogP contribution is 2.35. The number of amides is 1. The number of hydrogen-bond acceptors (Lipinski definition) is 3. The van der Waals surface area contributed by atoms with Gasteiger partial charge in [-0.1, -0.05) is 23.2 Å². The fourth-order valence-electron chi connectivity index (χ4n) is 1.06. The second-order valence-corrected chi connectivity index (χ2v) is 4.72. The molecule has 0 aromatic heterocycles. The van der Waals surface area contributed by atoms with Crippen molar-refractivity contribution in [1.82, 2.24) is 0 Å². The highest BCUT2D eigenvalue weighted by molar-refractivity contribution is 9.10. The summed E-state index contributed by atoms with van der Waals surface area (Å²) in [5.41, 5.74) is 5.67. The number of hydrogen-bond donors (Lipinski definition) is 2. The normalized spacial score (nSPS) is 10.4. The lowest BCUT2D eigenvalue weighted by molar-refractivity contribution is -0.120. The van der Waals surface area contributed by atoms with Gasteiger partial charge in [-0.05, 0) is 28.1 Å². The zero-order valence-corrected chi connectivity index (χ0v) is 11.9. The van der Waals surface area contributed by atoms with Crippen LogP contribution in [0.4, 0.5) is 5.69 Å². The van der Waals surface area contributed by atoms with Gasteiger partial charge in [0.25, 0.3) is 0 Å². The monoisotopic (exact) mass is 340 g/mol. The maximum absolute atomic E-state index is 11.4. The highest BCUT2D eigenvalue weighted by Gasteiger charge is 2.10. The van der Waals surface area contributed by atoms with E-state index in [4.69, 9.17) is 33.7 Å². The highest BCUT2D eigenvalue weighted by atomic mass is 79.9. The van der Waals surface area contributed by atoms with Crippen molar-refractivity contribution in [2.75, 3.05) is 25.1 Å². The first-order valence-corrected chi connectivity index (χ1v) is 6.32. The van der Waals surface area contributed by atoms with E-state index < -0.39 is 0 Å². The van der Waals surface area contributed by atoms with Gasteiger partial charge in [-0.3, -0.25) is 4.79 Å². The molecule has 0 aliphatic carbocycles. The fraction of sp³-hybridized carbons (Fsp3) is 0.300. The van der Waals surface area contributed by atoms with Gasteiger partial charge in [0.15, 0.2) is 0 Å². The Morgan fingerprint density at radius 3 is 2.76 bits per heavy atom. The van der Waals surface area contributed by atoms with Crippen molar-refractivity contribution in [3.63, 3.8) is 0 Å². The van der Waals surface area contributed by atoms with Crippen LogP contribution in [0.15, 0.2) is 16.6 Å². The molecule has 4 nitrogen and oxygen atoms in total. The Labute approximate surface area is 118 Å². The van der Waals surface area contributed by atoms with Gasteiger partial charge >= 0.3 is 0 Å². The molecule has 0 saturated heterocycles. The molecule has 0 atom stereocenters. The van der Waals surface area contributed by atoms with Gasteiger partial charge in [0.05, 0.1) is 22.3 Å². The zero-order valence-electron chi connectivity index (χ0n) is 8.80. The number of anilines is 1. The first kappa shape index (κ1) is 14.7. The number of benzene rings is 1. The Hall–Kier alpha value is -0.330. The predicted octanol–water partition coefficient (Wildman–Crippen LogP) is 2.67. The fourth-order valence-corrected chi connectivity index (χ4v) is 1.88. The summed E-state index contributed by atoms with van der Waals surface area (Å²) in [5, 5.41) is 3.23. The minimum Gasteiger partial charge on any atom is -0.370 e. The zero-order chi connectivity index (χ0) is 12.8. The van der Waals surface area contributed by atoms with Crippen molar-refractivity contribution in [3.8, 4) is 0 Å². The number of nitrogens with two attached hydrogens (primary N) is 1. The number of carbonyl (C=O) groups excluding carboxylic acids is 1. The Kier molecular flexibility index (Phi) is 6.22. The van der Waals surface area contributed by atoms with Crippen LogP contribution in [0.1, 0.15) is 0 Å². The smallest absolute Gasteiger partial charge is 0.250 e. The number of ether oxygens (including phenoxy) is 1. The van der Waals surface area contributed by atoms with E-state index in [2.05, 4.69) is 21.2 Å². The summed E-state index contributed by atoms with van der Waals surface area (Å²) >= 11 is 15.1. The van der Waals surface area contributed by atoms with Crippen molar-refractivity contribution >= 4 is 50.7 Å². The summed E-state index contributed by atoms with van der Waals surface area (Å²) in [4.78, 5) is 11.4. The molecule has 0 bridgehead atoms. The van der Waals surface area contributed by atoms with Crippen LogP contribution in [0.5, 0.6) is 0 Å². The number of halogens is 3. The standard InChI is InChI=1S/C10H11BrCl2N2O2/c11-6-1-2-7(10(13)9(6)12)15-8(16)5-17-4-3-14/h1-2H,3-5,14H2,(H,15,16). The van der Waals surface area contributed by atoms with Crippen LogP contribution in [0.25, 0.3) is 0 Å². The largest absolute Gasteiger partial charge is 0.370 e. The third kappa shape index (κ3) is 4.44. The molecule has 1 amide bonds. The third-order valence-corrected chi connectivity index (χ3v) is 3.58. The van der Waals surface area contributed by atoms with E-state index in [0.29, 0.717) is 28.3 Å². The van der Waals surface area contributed by atoms with E-state index in [1.54, 1.807) is 12.1 Å². The Morgan fingerprint density at radius 1 is 1.41 bits per heavy atom. The first-order valence-electron chi connectivity index (χ1n) is 4.77. The molecule has 0 heterocycles. The van der Waals surface area contributed by atoms with Gasteiger partial charge in [0.1, 0.15) is 6.61 Å². The molecule has 0 saturated carbocycles. The van der Waals surface area contributed by atoms with E-state index in [-0.39, 0.29) is 17.5 Å². The quantitative estimate of drug-likeness (QED) is 0.639. The van der Waals surface area contributed by atoms with Crippen LogP contribution < -0.4 is 11.1 Å². The van der Waals surface area contributed by atoms with Gasteiger partial charge in [-0.15, -0.1) is 0 Å². The average Bonchev–Trinajstić information content (AvgIpc) is 2.30. The van der Waals surface area contributed by atoms with Crippen LogP contribution in [-0.2, 0) is 9.53 Å². The maximum Gasteiger partial charge on any atom is 0.250 e. The van der Waals surface area contributed by atoms with E-state index in [9.17, 15) is 4.79 Å². The Bertz CT molecular complexity index is 416. The molecule has 0 aliphatic rings. The third-order valence-electron chi connectivity index (χ3n) is 1.80. The molecule has 0 aliphatic heterocycles. The van der Waals surface area contributed by atoms with E-state index in [0.717, 1.165) is 0 Å². The summed E-state index contributed by atoms with van der Waals surface area (Å²) < 4.78 is 5.66. The molecule has 1 aromatic carbocycles. The first-order chi connectivity index (χ1) is 8.06. The second-order valence-electron chi connectivity index (χ2n) is 3.11. The van der Waals surface area contributed by atoms with Crippen LogP contribution in [-0.4, -0.2) is 25.7 Å². The molecular formula is C10H11BrCl2N2O2. The van der Waals surface area contributed by atoms with Crippen molar-refractivity contribution in [2.45, 2.75) is 0 Å². The molecule has 1 aromatic rings. The van der Waals surface area contributed by atoms with E-state index in [1.807, 2.05) is 0 Å². The Morgan fingerprint density at radius 2 is 2.12 bits per heavy atom. The van der Waals surface area contributed by atoms with Gasteiger partial charge in [0.2, 0.25) is 5.91 Å². The van der Waals surface area contributed by atoms with Crippen LogP contribution in [0.2, 0.25) is 10.0 Å². The van der Waals surface area contributed by atoms with Gasteiger partial charge < -0.3 is 15.8 Å². The SMILES string of the molecule is NCCOCC(=O)Nc1ccc(Br)c(Cl)c1Cl. The molecule has 1 rings (SSSR count). The summed E-state index contributed by atoms with van der Waals surface area (Å²) in [7, 11) is 0. The van der Waals surface area contributed by atoms with Crippen LogP contribution in [0, 0.1) is 0 Å². The molecule has 0 radical (unpaired) electrons. The number of carbonyl (C=O) groups is 1. The van der Waals surface area contributed by atoms with Crippen molar-refractivity contribution in [2.24, 2.45) is 5.73 Å². The lowest BCUT2D eigenvalue weighted by Crippen LogP contribution is -2.20. The maximum atomic E-state index is 11.4. The summed E-state index contributed by atoms with van der Waals surface area (Å²) in [6, 6.07) is 3.35. The molecule has 0 unspecified atom stereocenters. The van der Waals surface area contributed by atoms with E-state index in [1.165, 1.54) is 0 Å². The van der Waals surface area contributed by atoms with Crippen LogP contribution in [0.3, 0.4) is 0 Å². The van der Waals surface area contributed by atoms with Gasteiger partial charge in [0, 0.05) is 11.0 Å². The van der Waals surface area contributed by atoms with Crippen molar-refractivity contribution < 1.29 is 9.53 Å². The van der Waals surface area contributed by atoms with Crippen molar-refractivity contribution in [3.05, 3.63) is 26.7 Å². The molecule has 0 fully saturated rings.